The third-order valence-corrected chi connectivity index (χ3v) is 3.36. The van der Waals surface area contributed by atoms with E-state index in [0.29, 0.717) is 18.8 Å². The maximum atomic E-state index is 12.9. The van der Waals surface area contributed by atoms with E-state index < -0.39 is 11.7 Å². The molecule has 1 aliphatic heterocycles. The molecule has 1 fully saturated rings. The summed E-state index contributed by atoms with van der Waals surface area (Å²) in [7, 11) is 1.99. The van der Waals surface area contributed by atoms with Crippen LogP contribution in [0.15, 0.2) is 23.2 Å². The molecule has 3 nitrogen and oxygen atoms in total. The number of aliphatic imine (C=N–C) groups is 1. The Hall–Kier alpha value is -1.43. The summed E-state index contributed by atoms with van der Waals surface area (Å²) in [5.41, 5.74) is -0.00129. The van der Waals surface area contributed by atoms with Gasteiger partial charge in [-0.05, 0) is 37.5 Å². The zero-order valence-electron chi connectivity index (χ0n) is 10.9. The molecule has 1 aromatic carbocycles. The topological polar surface area (TPSA) is 18.8 Å². The molecule has 0 amide bonds. The van der Waals surface area contributed by atoms with E-state index in [0.717, 1.165) is 25.2 Å². The number of hydrogen-bond acceptors (Lipinski definition) is 4. The van der Waals surface area contributed by atoms with Crippen molar-refractivity contribution in [1.82, 2.24) is 4.90 Å². The Balaban J connectivity index is 2.36. The monoisotopic (exact) mass is 301 g/mol. The highest BCUT2D eigenvalue weighted by Gasteiger charge is 2.32. The number of benzene rings is 1. The Kier molecular flexibility index (Phi) is 4.42. The minimum absolute atomic E-state index is 0.184. The molecular weight excluding hydrogens is 287 g/mol. The number of isothiocyanates is 1. The number of anilines is 1. The van der Waals surface area contributed by atoms with Gasteiger partial charge in [0.2, 0.25) is 0 Å². The molecule has 1 saturated heterocycles. The first-order chi connectivity index (χ1) is 9.40. The molecule has 0 N–H and O–H groups in total. The smallest absolute Gasteiger partial charge is 0.369 e. The van der Waals surface area contributed by atoms with Crippen molar-refractivity contribution in [3.63, 3.8) is 0 Å². The molecule has 1 aliphatic rings. The van der Waals surface area contributed by atoms with Crippen LogP contribution in [0.5, 0.6) is 0 Å². The fourth-order valence-corrected chi connectivity index (χ4v) is 2.23. The Morgan fingerprint density at radius 2 is 1.80 bits per heavy atom. The van der Waals surface area contributed by atoms with Crippen molar-refractivity contribution in [3.8, 4) is 0 Å². The van der Waals surface area contributed by atoms with Crippen LogP contribution < -0.4 is 4.90 Å². The summed E-state index contributed by atoms with van der Waals surface area (Å²) in [5, 5.41) is 2.11. The second kappa shape index (κ2) is 5.91. The molecule has 0 bridgehead atoms. The van der Waals surface area contributed by atoms with Gasteiger partial charge in [-0.2, -0.15) is 18.2 Å². The van der Waals surface area contributed by atoms with Crippen molar-refractivity contribution >= 4 is 28.8 Å². The lowest BCUT2D eigenvalue weighted by molar-refractivity contribution is -0.137. The zero-order chi connectivity index (χ0) is 14.8. The van der Waals surface area contributed by atoms with Crippen LogP contribution in [0.25, 0.3) is 0 Å². The van der Waals surface area contributed by atoms with Gasteiger partial charge < -0.3 is 9.80 Å². The van der Waals surface area contributed by atoms with E-state index in [2.05, 4.69) is 27.3 Å². The van der Waals surface area contributed by atoms with Crippen LogP contribution in [0.4, 0.5) is 24.5 Å². The number of halogens is 3. The van der Waals surface area contributed by atoms with Crippen molar-refractivity contribution in [2.75, 3.05) is 38.1 Å². The number of likely N-dealkylation sites (N-methyl/N-ethyl adjacent to an activating group) is 1. The minimum Gasteiger partial charge on any atom is -0.369 e. The van der Waals surface area contributed by atoms with Gasteiger partial charge in [-0.25, -0.2) is 0 Å². The van der Waals surface area contributed by atoms with E-state index in [1.165, 1.54) is 0 Å². The van der Waals surface area contributed by atoms with Gasteiger partial charge in [0.05, 0.1) is 16.4 Å². The van der Waals surface area contributed by atoms with Gasteiger partial charge in [-0.1, -0.05) is 0 Å². The normalized spacial score (nSPS) is 16.9. The van der Waals surface area contributed by atoms with E-state index in [-0.39, 0.29) is 5.69 Å². The number of thiocarbonyl (C=S) groups is 1. The number of alkyl halides is 3. The maximum absolute atomic E-state index is 12.9. The summed E-state index contributed by atoms with van der Waals surface area (Å²) in [4.78, 5) is 7.75. The zero-order valence-corrected chi connectivity index (χ0v) is 11.8. The lowest BCUT2D eigenvalue weighted by atomic mass is 10.1. The highest BCUT2D eigenvalue weighted by molar-refractivity contribution is 7.78. The number of piperazine rings is 1. The SMILES string of the molecule is CN1CCN(c2cc(N=C=S)cc(C(F)(F)F)c2)CC1. The molecule has 108 valence electrons. The summed E-state index contributed by atoms with van der Waals surface area (Å²) in [6.45, 7) is 3.03. The van der Waals surface area contributed by atoms with Gasteiger partial charge in [0.25, 0.3) is 0 Å². The summed E-state index contributed by atoms with van der Waals surface area (Å²) in [5.74, 6) is 0. The summed E-state index contributed by atoms with van der Waals surface area (Å²) >= 11 is 4.47. The van der Waals surface area contributed by atoms with Gasteiger partial charge in [-0.15, -0.1) is 0 Å². The molecule has 1 heterocycles. The molecule has 0 aromatic heterocycles. The molecule has 0 spiro atoms. The fourth-order valence-electron chi connectivity index (χ4n) is 2.12. The Bertz CT molecular complexity index is 530. The molecule has 0 saturated carbocycles. The van der Waals surface area contributed by atoms with E-state index in [1.54, 1.807) is 6.07 Å². The van der Waals surface area contributed by atoms with E-state index in [9.17, 15) is 13.2 Å². The Morgan fingerprint density at radius 3 is 2.35 bits per heavy atom. The lowest BCUT2D eigenvalue weighted by Gasteiger charge is -2.34. The van der Waals surface area contributed by atoms with Gasteiger partial charge in [0, 0.05) is 31.9 Å². The third-order valence-electron chi connectivity index (χ3n) is 3.27. The van der Waals surface area contributed by atoms with Crippen molar-refractivity contribution in [3.05, 3.63) is 23.8 Å². The number of nitrogens with zero attached hydrogens (tertiary/aromatic N) is 3. The molecule has 1 aromatic rings. The summed E-state index contributed by atoms with van der Waals surface area (Å²) in [6.07, 6.45) is -4.39. The molecule has 20 heavy (non-hydrogen) atoms. The van der Waals surface area contributed by atoms with Crippen LogP contribution in [0, 0.1) is 0 Å². The van der Waals surface area contributed by atoms with Crippen molar-refractivity contribution < 1.29 is 13.2 Å². The first-order valence-corrected chi connectivity index (χ1v) is 6.54. The van der Waals surface area contributed by atoms with E-state index in [1.807, 2.05) is 11.9 Å². The quantitative estimate of drug-likeness (QED) is 0.617. The molecule has 7 heteroatoms. The summed E-state index contributed by atoms with van der Waals surface area (Å²) in [6, 6.07) is 3.76. The first-order valence-electron chi connectivity index (χ1n) is 6.14. The van der Waals surface area contributed by atoms with Crippen LogP contribution in [-0.4, -0.2) is 43.3 Å². The van der Waals surface area contributed by atoms with Gasteiger partial charge in [0.1, 0.15) is 0 Å². The summed E-state index contributed by atoms with van der Waals surface area (Å²) < 4.78 is 38.7. The van der Waals surface area contributed by atoms with Crippen LogP contribution in [0.3, 0.4) is 0 Å². The van der Waals surface area contributed by atoms with Crippen LogP contribution in [-0.2, 0) is 6.18 Å². The molecule has 0 atom stereocenters. The number of rotatable bonds is 2. The van der Waals surface area contributed by atoms with E-state index in [4.69, 9.17) is 0 Å². The van der Waals surface area contributed by atoms with Crippen molar-refractivity contribution in [2.24, 2.45) is 4.99 Å². The average Bonchev–Trinajstić information content (AvgIpc) is 2.38. The average molecular weight is 301 g/mol. The van der Waals surface area contributed by atoms with E-state index >= 15 is 0 Å². The fraction of sp³-hybridized carbons (Fsp3) is 0.462. The molecule has 2 rings (SSSR count). The Morgan fingerprint density at radius 1 is 1.15 bits per heavy atom. The van der Waals surface area contributed by atoms with Gasteiger partial charge >= 0.3 is 6.18 Å². The molecule has 0 unspecified atom stereocenters. The first kappa shape index (κ1) is 15.0. The van der Waals surface area contributed by atoms with Crippen molar-refractivity contribution in [1.29, 1.82) is 0 Å². The molecule has 0 aliphatic carbocycles. The predicted octanol–water partition coefficient (Wildman–Crippen LogP) is 3.19. The highest BCUT2D eigenvalue weighted by atomic mass is 32.1. The second-order valence-corrected chi connectivity index (χ2v) is 4.91. The lowest BCUT2D eigenvalue weighted by Crippen LogP contribution is -2.44. The maximum Gasteiger partial charge on any atom is 0.416 e. The van der Waals surface area contributed by atoms with Crippen LogP contribution in [0.1, 0.15) is 5.56 Å². The third kappa shape index (κ3) is 3.56. The van der Waals surface area contributed by atoms with Crippen LogP contribution >= 0.6 is 12.2 Å². The highest BCUT2D eigenvalue weighted by Crippen LogP contribution is 2.35. The standard InChI is InChI=1S/C13H14F3N3S/c1-18-2-4-19(5-3-18)12-7-10(13(14,15)16)6-11(8-12)17-9-20/h6-8H,2-5H2,1H3. The Labute approximate surface area is 120 Å². The number of hydrogen-bond donors (Lipinski definition) is 0. The van der Waals surface area contributed by atoms with Gasteiger partial charge in [0.15, 0.2) is 0 Å². The minimum atomic E-state index is -4.39. The molecular formula is C13H14F3N3S. The largest absolute Gasteiger partial charge is 0.416 e. The second-order valence-electron chi connectivity index (χ2n) is 4.73. The van der Waals surface area contributed by atoms with Crippen molar-refractivity contribution in [2.45, 2.75) is 6.18 Å². The van der Waals surface area contributed by atoms with Gasteiger partial charge in [-0.3, -0.25) is 0 Å². The molecule has 0 radical (unpaired) electrons. The predicted molar refractivity (Wildman–Crippen MR) is 75.8 cm³/mol. The van der Waals surface area contributed by atoms with Crippen LogP contribution in [0.2, 0.25) is 0 Å².